The van der Waals surface area contributed by atoms with Gasteiger partial charge in [0, 0.05) is 18.9 Å². The summed E-state index contributed by atoms with van der Waals surface area (Å²) >= 11 is 0. The number of allylic oxidation sites excluding steroid dienone is 1. The number of hydrogen-bond donors (Lipinski definition) is 1. The Hall–Kier alpha value is -2.53. The topological polar surface area (TPSA) is 74.7 Å². The standard InChI is InChI=1S/C22H27NO4/c24-20(16-18-8-4-3-5-9-18)13-11-19-12-14-21(25)17-23(19)15-7-2-1-6-10-22(26)27/h3-5,8-9,11-14,19H,1-2,6-7,10,15-17H2,(H,26,27)/b13-11+/t19-/m0/s1. The first kappa shape index (κ1) is 20.8. The van der Waals surface area contributed by atoms with Gasteiger partial charge in [0.25, 0.3) is 0 Å². The van der Waals surface area contributed by atoms with E-state index in [1.54, 1.807) is 12.2 Å². The molecule has 0 aliphatic carbocycles. The zero-order valence-electron chi connectivity index (χ0n) is 15.5. The molecule has 27 heavy (non-hydrogen) atoms. The second-order valence-corrected chi connectivity index (χ2v) is 6.83. The lowest BCUT2D eigenvalue weighted by Crippen LogP contribution is -2.40. The van der Waals surface area contributed by atoms with Crippen molar-refractivity contribution in [2.45, 2.75) is 44.6 Å². The van der Waals surface area contributed by atoms with Crippen molar-refractivity contribution in [1.82, 2.24) is 4.90 Å². The van der Waals surface area contributed by atoms with E-state index < -0.39 is 5.97 Å². The van der Waals surface area contributed by atoms with Gasteiger partial charge < -0.3 is 5.11 Å². The fourth-order valence-electron chi connectivity index (χ4n) is 3.11. The number of carboxylic acids is 1. The molecule has 0 aromatic heterocycles. The third-order valence-corrected chi connectivity index (χ3v) is 4.55. The van der Waals surface area contributed by atoms with E-state index >= 15 is 0 Å². The minimum absolute atomic E-state index is 0.0418. The zero-order chi connectivity index (χ0) is 19.5. The summed E-state index contributed by atoms with van der Waals surface area (Å²) in [6, 6.07) is 9.57. The van der Waals surface area contributed by atoms with Crippen molar-refractivity contribution in [1.29, 1.82) is 0 Å². The number of carbonyl (C=O) groups excluding carboxylic acids is 2. The largest absolute Gasteiger partial charge is 0.481 e. The minimum Gasteiger partial charge on any atom is -0.481 e. The van der Waals surface area contributed by atoms with Crippen LogP contribution in [0.5, 0.6) is 0 Å². The third-order valence-electron chi connectivity index (χ3n) is 4.55. The van der Waals surface area contributed by atoms with Crippen LogP contribution < -0.4 is 0 Å². The number of aliphatic carboxylic acids is 1. The molecule has 0 radical (unpaired) electrons. The third kappa shape index (κ3) is 8.13. The Morgan fingerprint density at radius 1 is 1.11 bits per heavy atom. The molecule has 5 nitrogen and oxygen atoms in total. The van der Waals surface area contributed by atoms with Crippen LogP contribution in [0.3, 0.4) is 0 Å². The van der Waals surface area contributed by atoms with E-state index in [1.165, 1.54) is 0 Å². The van der Waals surface area contributed by atoms with E-state index in [4.69, 9.17) is 5.11 Å². The van der Waals surface area contributed by atoms with Crippen LogP contribution in [0.2, 0.25) is 0 Å². The molecule has 0 bridgehead atoms. The van der Waals surface area contributed by atoms with Crippen LogP contribution in [0, 0.1) is 0 Å². The normalized spacial score (nSPS) is 17.5. The Morgan fingerprint density at radius 3 is 2.59 bits per heavy atom. The van der Waals surface area contributed by atoms with Crippen LogP contribution in [-0.2, 0) is 20.8 Å². The second kappa shape index (κ2) is 11.2. The van der Waals surface area contributed by atoms with E-state index in [-0.39, 0.29) is 24.0 Å². The molecule has 2 rings (SSSR count). The Labute approximate surface area is 160 Å². The van der Waals surface area contributed by atoms with Gasteiger partial charge in [0.15, 0.2) is 11.6 Å². The molecule has 144 valence electrons. The maximum Gasteiger partial charge on any atom is 0.303 e. The Kier molecular flexibility index (Phi) is 8.65. The summed E-state index contributed by atoms with van der Waals surface area (Å²) in [4.78, 5) is 36.5. The first-order valence-electron chi connectivity index (χ1n) is 9.46. The number of carboxylic acid groups (broad SMARTS) is 1. The molecule has 0 spiro atoms. The van der Waals surface area contributed by atoms with Crippen molar-refractivity contribution < 1.29 is 19.5 Å². The Balaban J connectivity index is 1.81. The number of carbonyl (C=O) groups is 3. The first-order valence-corrected chi connectivity index (χ1v) is 9.46. The maximum atomic E-state index is 12.2. The molecule has 1 N–H and O–H groups in total. The smallest absolute Gasteiger partial charge is 0.303 e. The molecular formula is C22H27NO4. The lowest BCUT2D eigenvalue weighted by molar-refractivity contribution is -0.137. The highest BCUT2D eigenvalue weighted by Gasteiger charge is 2.20. The van der Waals surface area contributed by atoms with E-state index in [9.17, 15) is 14.4 Å². The summed E-state index contributed by atoms with van der Waals surface area (Å²) in [6.07, 6.45) is 10.9. The van der Waals surface area contributed by atoms with Crippen LogP contribution in [0.4, 0.5) is 0 Å². The van der Waals surface area contributed by atoms with E-state index in [2.05, 4.69) is 4.90 Å². The molecule has 0 saturated heterocycles. The summed E-state index contributed by atoms with van der Waals surface area (Å²) in [5.74, 6) is -0.645. The van der Waals surface area contributed by atoms with Gasteiger partial charge in [0.2, 0.25) is 0 Å². The SMILES string of the molecule is O=C(O)CCCCCCN1CC(=O)C=C[C@@H]1/C=C/C(=O)Cc1ccccc1. The molecule has 1 aliphatic rings. The van der Waals surface area contributed by atoms with Crippen molar-refractivity contribution >= 4 is 17.5 Å². The van der Waals surface area contributed by atoms with Crippen molar-refractivity contribution in [3.05, 3.63) is 60.2 Å². The monoisotopic (exact) mass is 369 g/mol. The van der Waals surface area contributed by atoms with Gasteiger partial charge in [0.05, 0.1) is 6.54 Å². The van der Waals surface area contributed by atoms with Gasteiger partial charge in [-0.3, -0.25) is 19.3 Å². The van der Waals surface area contributed by atoms with Crippen LogP contribution in [0.1, 0.15) is 37.7 Å². The quantitative estimate of drug-likeness (QED) is 0.479. The average molecular weight is 369 g/mol. The summed E-state index contributed by atoms with van der Waals surface area (Å²) in [6.45, 7) is 1.11. The zero-order valence-corrected chi connectivity index (χ0v) is 15.5. The maximum absolute atomic E-state index is 12.2. The summed E-state index contributed by atoms with van der Waals surface area (Å²) in [5.41, 5.74) is 0.986. The van der Waals surface area contributed by atoms with Crippen molar-refractivity contribution in [3.63, 3.8) is 0 Å². The number of benzene rings is 1. The fourth-order valence-corrected chi connectivity index (χ4v) is 3.11. The number of hydrogen-bond acceptors (Lipinski definition) is 4. The van der Waals surface area contributed by atoms with Crippen molar-refractivity contribution in [3.8, 4) is 0 Å². The van der Waals surface area contributed by atoms with Gasteiger partial charge in [0.1, 0.15) is 0 Å². The fraction of sp³-hybridized carbons (Fsp3) is 0.409. The van der Waals surface area contributed by atoms with Crippen molar-refractivity contribution in [2.75, 3.05) is 13.1 Å². The highest BCUT2D eigenvalue weighted by atomic mass is 16.4. The number of nitrogens with zero attached hydrogens (tertiary/aromatic N) is 1. The molecule has 5 heteroatoms. The molecule has 0 unspecified atom stereocenters. The number of rotatable bonds is 11. The van der Waals surface area contributed by atoms with Gasteiger partial charge in [-0.15, -0.1) is 0 Å². The molecule has 1 heterocycles. The predicted octanol–water partition coefficient (Wildman–Crippen LogP) is 3.20. The molecule has 1 aromatic carbocycles. The number of unbranched alkanes of at least 4 members (excludes halogenated alkanes) is 3. The summed E-state index contributed by atoms with van der Waals surface area (Å²) < 4.78 is 0. The van der Waals surface area contributed by atoms with E-state index in [0.717, 1.165) is 31.4 Å². The van der Waals surface area contributed by atoms with Gasteiger partial charge in [-0.05, 0) is 37.1 Å². The van der Waals surface area contributed by atoms with Gasteiger partial charge in [-0.25, -0.2) is 0 Å². The Bertz CT molecular complexity index is 694. The van der Waals surface area contributed by atoms with E-state index in [0.29, 0.717) is 19.4 Å². The average Bonchev–Trinajstić information content (AvgIpc) is 2.64. The first-order chi connectivity index (χ1) is 13.0. The minimum atomic E-state index is -0.757. The van der Waals surface area contributed by atoms with Gasteiger partial charge >= 0.3 is 5.97 Å². The molecular weight excluding hydrogens is 342 g/mol. The Morgan fingerprint density at radius 2 is 1.85 bits per heavy atom. The van der Waals surface area contributed by atoms with Crippen LogP contribution in [-0.4, -0.2) is 46.7 Å². The summed E-state index contributed by atoms with van der Waals surface area (Å²) in [7, 11) is 0. The summed E-state index contributed by atoms with van der Waals surface area (Å²) in [5, 5.41) is 8.65. The van der Waals surface area contributed by atoms with Crippen molar-refractivity contribution in [2.24, 2.45) is 0 Å². The van der Waals surface area contributed by atoms with E-state index in [1.807, 2.05) is 42.5 Å². The molecule has 0 saturated carbocycles. The number of ketones is 2. The molecule has 0 fully saturated rings. The molecule has 1 aromatic rings. The predicted molar refractivity (Wildman–Crippen MR) is 105 cm³/mol. The van der Waals surface area contributed by atoms with Gasteiger partial charge in [-0.1, -0.05) is 55.3 Å². The molecule has 0 amide bonds. The second-order valence-electron chi connectivity index (χ2n) is 6.83. The van der Waals surface area contributed by atoms with Crippen LogP contribution >= 0.6 is 0 Å². The highest BCUT2D eigenvalue weighted by Crippen LogP contribution is 2.13. The van der Waals surface area contributed by atoms with Crippen LogP contribution in [0.25, 0.3) is 0 Å². The molecule has 1 atom stereocenters. The lowest BCUT2D eigenvalue weighted by atomic mass is 10.0. The molecule has 1 aliphatic heterocycles. The van der Waals surface area contributed by atoms with Crippen LogP contribution in [0.15, 0.2) is 54.6 Å². The lowest BCUT2D eigenvalue weighted by Gasteiger charge is -2.29. The van der Waals surface area contributed by atoms with Gasteiger partial charge in [-0.2, -0.15) is 0 Å². The highest BCUT2D eigenvalue weighted by molar-refractivity contribution is 5.93.